The van der Waals surface area contributed by atoms with E-state index in [2.05, 4.69) is 5.32 Å². The number of furan rings is 1. The van der Waals surface area contributed by atoms with Gasteiger partial charge < -0.3 is 19.6 Å². The van der Waals surface area contributed by atoms with Crippen LogP contribution in [0.15, 0.2) is 22.8 Å². The number of nitrogens with one attached hydrogen (secondary N) is 1. The fourth-order valence-corrected chi connectivity index (χ4v) is 3.57. The van der Waals surface area contributed by atoms with E-state index in [0.717, 1.165) is 37.9 Å². The lowest BCUT2D eigenvalue weighted by atomic mass is 9.66. The second-order valence-electron chi connectivity index (χ2n) is 7.41. The van der Waals surface area contributed by atoms with Crippen LogP contribution in [0.2, 0.25) is 0 Å². The summed E-state index contributed by atoms with van der Waals surface area (Å²) in [6.45, 7) is 5.72. The number of carbonyl (C=O) groups excluding carboxylic acids is 1. The summed E-state index contributed by atoms with van der Waals surface area (Å²) in [5.41, 5.74) is -0.779. The highest BCUT2D eigenvalue weighted by atomic mass is 16.6. The molecule has 5 heteroatoms. The third kappa shape index (κ3) is 4.50. The number of aliphatic hydroxyl groups excluding tert-OH is 1. The zero-order valence-electron chi connectivity index (χ0n) is 14.4. The molecule has 23 heavy (non-hydrogen) atoms. The van der Waals surface area contributed by atoms with Crippen LogP contribution in [0.4, 0.5) is 4.79 Å². The van der Waals surface area contributed by atoms with Gasteiger partial charge in [0.05, 0.1) is 6.26 Å². The molecule has 0 aromatic carbocycles. The van der Waals surface area contributed by atoms with Crippen LogP contribution >= 0.6 is 0 Å². The van der Waals surface area contributed by atoms with Gasteiger partial charge in [-0.05, 0) is 58.6 Å². The van der Waals surface area contributed by atoms with Crippen molar-refractivity contribution in [1.82, 2.24) is 5.32 Å². The lowest BCUT2D eigenvalue weighted by molar-refractivity contribution is 0.0429. The Morgan fingerprint density at radius 3 is 2.87 bits per heavy atom. The van der Waals surface area contributed by atoms with E-state index in [4.69, 9.17) is 9.15 Å². The van der Waals surface area contributed by atoms with E-state index in [1.165, 1.54) is 0 Å². The van der Waals surface area contributed by atoms with Gasteiger partial charge in [0.25, 0.3) is 0 Å². The average Bonchev–Trinajstić information content (AvgIpc) is 2.99. The number of rotatable bonds is 5. The summed E-state index contributed by atoms with van der Waals surface area (Å²) in [5, 5.41) is 12.3. The van der Waals surface area contributed by atoms with Crippen molar-refractivity contribution in [3.8, 4) is 0 Å². The van der Waals surface area contributed by atoms with Crippen molar-refractivity contribution in [3.63, 3.8) is 0 Å². The second-order valence-corrected chi connectivity index (χ2v) is 7.41. The summed E-state index contributed by atoms with van der Waals surface area (Å²) >= 11 is 0. The Morgan fingerprint density at radius 1 is 1.48 bits per heavy atom. The second kappa shape index (κ2) is 7.39. The maximum absolute atomic E-state index is 12.2. The van der Waals surface area contributed by atoms with E-state index in [9.17, 15) is 9.90 Å². The van der Waals surface area contributed by atoms with Gasteiger partial charge in [0.15, 0.2) is 0 Å². The van der Waals surface area contributed by atoms with Crippen LogP contribution in [0.3, 0.4) is 0 Å². The molecule has 2 atom stereocenters. The van der Waals surface area contributed by atoms with Gasteiger partial charge in [-0.2, -0.15) is 0 Å². The molecule has 1 aromatic rings. The topological polar surface area (TPSA) is 71.7 Å². The molecule has 1 aliphatic carbocycles. The van der Waals surface area contributed by atoms with Crippen LogP contribution in [0, 0.1) is 0 Å². The standard InChI is InChI=1S/C18H29NO4/c1-17(2,3)23-16(21)19-14-8-4-5-10-18(14,11-7-12-20)15-9-6-13-22-15/h6,9,13-14,20H,4-5,7-8,10-12H2,1-3H3,(H,19,21). The molecule has 5 nitrogen and oxygen atoms in total. The van der Waals surface area contributed by atoms with Crippen LogP contribution in [0.25, 0.3) is 0 Å². The Kier molecular flexibility index (Phi) is 5.74. The lowest BCUT2D eigenvalue weighted by Crippen LogP contribution is -2.53. The number of hydrogen-bond acceptors (Lipinski definition) is 4. The largest absolute Gasteiger partial charge is 0.469 e. The molecule has 1 saturated carbocycles. The SMILES string of the molecule is CC(C)(C)OC(=O)NC1CCCCC1(CCCO)c1ccco1. The number of carbonyl (C=O) groups is 1. The van der Waals surface area contributed by atoms with Crippen LogP contribution in [-0.2, 0) is 10.2 Å². The molecule has 0 spiro atoms. The summed E-state index contributed by atoms with van der Waals surface area (Å²) < 4.78 is 11.1. The predicted molar refractivity (Wildman–Crippen MR) is 88.3 cm³/mol. The normalized spacial score (nSPS) is 25.1. The molecule has 0 radical (unpaired) electrons. The molecule has 0 saturated heterocycles. The summed E-state index contributed by atoms with van der Waals surface area (Å²) in [6.07, 6.45) is 6.77. The van der Waals surface area contributed by atoms with E-state index in [0.29, 0.717) is 6.42 Å². The molecule has 1 fully saturated rings. The molecule has 2 unspecified atom stereocenters. The first kappa shape index (κ1) is 17.9. The molecular weight excluding hydrogens is 294 g/mol. The lowest BCUT2D eigenvalue weighted by Gasteiger charge is -2.43. The van der Waals surface area contributed by atoms with Crippen LogP contribution < -0.4 is 5.32 Å². The third-order valence-electron chi connectivity index (χ3n) is 4.52. The molecule has 1 aromatic heterocycles. The first-order valence-corrected chi connectivity index (χ1v) is 8.52. The van der Waals surface area contributed by atoms with Gasteiger partial charge in [0, 0.05) is 18.1 Å². The summed E-state index contributed by atoms with van der Waals surface area (Å²) in [4.78, 5) is 12.2. The zero-order chi connectivity index (χ0) is 16.9. The highest BCUT2D eigenvalue weighted by Crippen LogP contribution is 2.43. The Morgan fingerprint density at radius 2 is 2.26 bits per heavy atom. The summed E-state index contributed by atoms with van der Waals surface area (Å²) in [5.74, 6) is 0.895. The van der Waals surface area contributed by atoms with Crippen LogP contribution in [0.1, 0.15) is 65.1 Å². The molecule has 2 rings (SSSR count). The van der Waals surface area contributed by atoms with E-state index in [-0.39, 0.29) is 24.2 Å². The minimum atomic E-state index is -0.517. The number of ether oxygens (including phenoxy) is 1. The number of amides is 1. The molecule has 1 aliphatic rings. The van der Waals surface area contributed by atoms with Gasteiger partial charge in [-0.15, -0.1) is 0 Å². The van der Waals surface area contributed by atoms with Crippen molar-refractivity contribution in [2.45, 2.75) is 76.4 Å². The molecule has 130 valence electrons. The van der Waals surface area contributed by atoms with Gasteiger partial charge >= 0.3 is 6.09 Å². The van der Waals surface area contributed by atoms with Gasteiger partial charge in [0.2, 0.25) is 0 Å². The highest BCUT2D eigenvalue weighted by molar-refractivity contribution is 5.68. The fraction of sp³-hybridized carbons (Fsp3) is 0.722. The van der Waals surface area contributed by atoms with Gasteiger partial charge in [0.1, 0.15) is 11.4 Å². The maximum atomic E-state index is 12.2. The summed E-state index contributed by atoms with van der Waals surface area (Å²) in [7, 11) is 0. The van der Waals surface area contributed by atoms with E-state index < -0.39 is 5.60 Å². The molecule has 0 bridgehead atoms. The minimum Gasteiger partial charge on any atom is -0.469 e. The quantitative estimate of drug-likeness (QED) is 0.865. The van der Waals surface area contributed by atoms with E-state index >= 15 is 0 Å². The van der Waals surface area contributed by atoms with Crippen molar-refractivity contribution < 1.29 is 19.1 Å². The Bertz CT molecular complexity index is 492. The monoisotopic (exact) mass is 323 g/mol. The first-order chi connectivity index (χ1) is 10.9. The smallest absolute Gasteiger partial charge is 0.407 e. The predicted octanol–water partition coefficient (Wildman–Crippen LogP) is 3.76. The van der Waals surface area contributed by atoms with Crippen molar-refractivity contribution >= 4 is 6.09 Å². The molecule has 1 amide bonds. The van der Waals surface area contributed by atoms with Gasteiger partial charge in [-0.1, -0.05) is 12.8 Å². The number of hydrogen-bond donors (Lipinski definition) is 2. The van der Waals surface area contributed by atoms with E-state index in [1.54, 1.807) is 6.26 Å². The van der Waals surface area contributed by atoms with Gasteiger partial charge in [-0.25, -0.2) is 4.79 Å². The summed E-state index contributed by atoms with van der Waals surface area (Å²) in [6, 6.07) is 3.82. The Balaban J connectivity index is 2.20. The maximum Gasteiger partial charge on any atom is 0.407 e. The minimum absolute atomic E-state index is 0.0381. The third-order valence-corrected chi connectivity index (χ3v) is 4.52. The zero-order valence-corrected chi connectivity index (χ0v) is 14.4. The highest BCUT2D eigenvalue weighted by Gasteiger charge is 2.45. The first-order valence-electron chi connectivity index (χ1n) is 8.52. The fourth-order valence-electron chi connectivity index (χ4n) is 3.57. The van der Waals surface area contributed by atoms with Crippen molar-refractivity contribution in [1.29, 1.82) is 0 Å². The number of aliphatic hydroxyl groups is 1. The van der Waals surface area contributed by atoms with E-state index in [1.807, 2.05) is 32.9 Å². The number of alkyl carbamates (subject to hydrolysis) is 1. The Hall–Kier alpha value is -1.49. The van der Waals surface area contributed by atoms with Crippen molar-refractivity contribution in [3.05, 3.63) is 24.2 Å². The molecule has 2 N–H and O–H groups in total. The van der Waals surface area contributed by atoms with Crippen molar-refractivity contribution in [2.24, 2.45) is 0 Å². The van der Waals surface area contributed by atoms with Crippen LogP contribution in [0.5, 0.6) is 0 Å². The van der Waals surface area contributed by atoms with Gasteiger partial charge in [-0.3, -0.25) is 0 Å². The average molecular weight is 323 g/mol. The molecule has 1 heterocycles. The van der Waals surface area contributed by atoms with Crippen molar-refractivity contribution in [2.75, 3.05) is 6.61 Å². The molecule has 0 aliphatic heterocycles. The Labute approximate surface area is 138 Å². The molecular formula is C18H29NO4. The van der Waals surface area contributed by atoms with Crippen LogP contribution in [-0.4, -0.2) is 29.4 Å².